The van der Waals surface area contributed by atoms with E-state index in [1.165, 1.54) is 12.1 Å². The Morgan fingerprint density at radius 1 is 1.33 bits per heavy atom. The SMILES string of the molecule is CC(C)(C)C#Cc1ccc(F)c(C=O)c1. The summed E-state index contributed by atoms with van der Waals surface area (Å²) in [5.74, 6) is 5.42. The van der Waals surface area contributed by atoms with Crippen LogP contribution < -0.4 is 0 Å². The number of carbonyl (C=O) groups excluding carboxylic acids is 1. The van der Waals surface area contributed by atoms with Crippen molar-refractivity contribution in [3.8, 4) is 11.8 Å². The van der Waals surface area contributed by atoms with E-state index >= 15 is 0 Å². The molecule has 0 saturated heterocycles. The van der Waals surface area contributed by atoms with Gasteiger partial charge in [0, 0.05) is 11.0 Å². The molecule has 2 heteroatoms. The topological polar surface area (TPSA) is 17.1 Å². The molecule has 78 valence electrons. The molecule has 0 fully saturated rings. The van der Waals surface area contributed by atoms with E-state index in [0.29, 0.717) is 11.8 Å². The molecule has 1 aromatic carbocycles. The van der Waals surface area contributed by atoms with E-state index in [1.807, 2.05) is 20.8 Å². The number of aldehydes is 1. The number of benzene rings is 1. The summed E-state index contributed by atoms with van der Waals surface area (Å²) in [5, 5.41) is 0. The van der Waals surface area contributed by atoms with Crippen LogP contribution in [0.15, 0.2) is 18.2 Å². The van der Waals surface area contributed by atoms with Crippen LogP contribution in [-0.2, 0) is 0 Å². The van der Waals surface area contributed by atoms with Gasteiger partial charge in [-0.1, -0.05) is 11.8 Å². The molecule has 0 amide bonds. The van der Waals surface area contributed by atoms with Crippen molar-refractivity contribution < 1.29 is 9.18 Å². The summed E-state index contributed by atoms with van der Waals surface area (Å²) in [6.45, 7) is 5.97. The summed E-state index contributed by atoms with van der Waals surface area (Å²) in [6, 6.07) is 4.29. The molecule has 0 saturated carbocycles. The van der Waals surface area contributed by atoms with Crippen molar-refractivity contribution in [2.45, 2.75) is 20.8 Å². The van der Waals surface area contributed by atoms with Crippen LogP contribution in [0, 0.1) is 23.1 Å². The summed E-state index contributed by atoms with van der Waals surface area (Å²) in [4.78, 5) is 10.5. The van der Waals surface area contributed by atoms with Crippen LogP contribution in [0.5, 0.6) is 0 Å². The van der Waals surface area contributed by atoms with Crippen molar-refractivity contribution in [2.75, 3.05) is 0 Å². The number of halogens is 1. The summed E-state index contributed by atoms with van der Waals surface area (Å²) in [5.41, 5.74) is 0.611. The van der Waals surface area contributed by atoms with Gasteiger partial charge >= 0.3 is 0 Å². The molecule has 0 unspecified atom stereocenters. The highest BCUT2D eigenvalue weighted by Crippen LogP contribution is 2.12. The van der Waals surface area contributed by atoms with E-state index in [4.69, 9.17) is 0 Å². The van der Waals surface area contributed by atoms with Gasteiger partial charge in [0.05, 0.1) is 5.56 Å². The van der Waals surface area contributed by atoms with E-state index < -0.39 is 5.82 Å². The van der Waals surface area contributed by atoms with Crippen LogP contribution in [0.3, 0.4) is 0 Å². The highest BCUT2D eigenvalue weighted by Gasteiger charge is 2.04. The lowest BCUT2D eigenvalue weighted by atomic mass is 9.97. The lowest BCUT2D eigenvalue weighted by molar-refractivity contribution is 0.112. The van der Waals surface area contributed by atoms with Gasteiger partial charge in [-0.25, -0.2) is 4.39 Å². The van der Waals surface area contributed by atoms with Crippen molar-refractivity contribution in [3.63, 3.8) is 0 Å². The van der Waals surface area contributed by atoms with Crippen LogP contribution in [0.25, 0.3) is 0 Å². The van der Waals surface area contributed by atoms with Gasteiger partial charge in [-0.15, -0.1) is 0 Å². The molecule has 0 spiro atoms. The first-order valence-electron chi connectivity index (χ1n) is 4.70. The minimum Gasteiger partial charge on any atom is -0.298 e. The van der Waals surface area contributed by atoms with Crippen molar-refractivity contribution in [3.05, 3.63) is 35.1 Å². The number of hydrogen-bond donors (Lipinski definition) is 0. The first-order chi connectivity index (χ1) is 6.92. The summed E-state index contributed by atoms with van der Waals surface area (Å²) in [6.07, 6.45) is 0.498. The summed E-state index contributed by atoms with van der Waals surface area (Å²) >= 11 is 0. The lowest BCUT2D eigenvalue weighted by Crippen LogP contribution is -1.99. The monoisotopic (exact) mass is 204 g/mol. The highest BCUT2D eigenvalue weighted by atomic mass is 19.1. The zero-order valence-corrected chi connectivity index (χ0v) is 9.10. The molecule has 0 aliphatic heterocycles. The Balaban J connectivity index is 3.06. The third kappa shape index (κ3) is 3.55. The molecule has 1 rings (SSSR count). The Bertz CT molecular complexity index is 430. The second-order valence-electron chi connectivity index (χ2n) is 4.35. The van der Waals surface area contributed by atoms with Crippen LogP contribution in [0.1, 0.15) is 36.7 Å². The van der Waals surface area contributed by atoms with Crippen LogP contribution in [0.2, 0.25) is 0 Å². The van der Waals surface area contributed by atoms with Crippen LogP contribution in [-0.4, -0.2) is 6.29 Å². The molecule has 0 atom stereocenters. The first-order valence-corrected chi connectivity index (χ1v) is 4.70. The third-order valence-electron chi connectivity index (χ3n) is 1.70. The largest absolute Gasteiger partial charge is 0.298 e. The van der Waals surface area contributed by atoms with E-state index in [2.05, 4.69) is 11.8 Å². The number of hydrogen-bond acceptors (Lipinski definition) is 1. The minimum absolute atomic E-state index is 0.0516. The third-order valence-corrected chi connectivity index (χ3v) is 1.70. The lowest BCUT2D eigenvalue weighted by Gasteiger charge is -2.06. The van der Waals surface area contributed by atoms with Gasteiger partial charge in [0.2, 0.25) is 0 Å². The molecule has 0 N–H and O–H groups in total. The maximum atomic E-state index is 13.0. The molecule has 0 aliphatic carbocycles. The Hall–Kier alpha value is -1.62. The summed E-state index contributed by atoms with van der Waals surface area (Å²) < 4.78 is 13.0. The van der Waals surface area contributed by atoms with Gasteiger partial charge in [-0.3, -0.25) is 4.79 Å². The Labute approximate surface area is 89.3 Å². The second-order valence-corrected chi connectivity index (χ2v) is 4.35. The molecule has 0 heterocycles. The normalized spacial score (nSPS) is 10.4. The van der Waals surface area contributed by atoms with E-state index in [-0.39, 0.29) is 11.0 Å². The van der Waals surface area contributed by atoms with Gasteiger partial charge in [0.15, 0.2) is 6.29 Å². The average Bonchev–Trinajstić information content (AvgIpc) is 2.15. The fourth-order valence-corrected chi connectivity index (χ4v) is 0.971. The smallest absolute Gasteiger partial charge is 0.153 e. The summed E-state index contributed by atoms with van der Waals surface area (Å²) in [7, 11) is 0. The number of carbonyl (C=O) groups is 1. The van der Waals surface area contributed by atoms with E-state index in [0.717, 1.165) is 0 Å². The Kier molecular flexibility index (Phi) is 3.26. The standard InChI is InChI=1S/C13H13FO/c1-13(2,3)7-6-10-4-5-12(14)11(8-10)9-15/h4-5,8-9H,1-3H3. The Morgan fingerprint density at radius 3 is 2.53 bits per heavy atom. The minimum atomic E-state index is -0.508. The Morgan fingerprint density at radius 2 is 2.00 bits per heavy atom. The molecule has 0 bridgehead atoms. The molecular weight excluding hydrogens is 191 g/mol. The fraction of sp³-hybridized carbons (Fsp3) is 0.308. The van der Waals surface area contributed by atoms with Crippen LogP contribution in [0.4, 0.5) is 4.39 Å². The highest BCUT2D eigenvalue weighted by molar-refractivity contribution is 5.76. The quantitative estimate of drug-likeness (QED) is 0.507. The van der Waals surface area contributed by atoms with Gasteiger partial charge in [0.25, 0.3) is 0 Å². The predicted octanol–water partition coefficient (Wildman–Crippen LogP) is 3.04. The molecule has 1 aromatic rings. The van der Waals surface area contributed by atoms with Crippen molar-refractivity contribution in [1.82, 2.24) is 0 Å². The molecule has 0 radical (unpaired) electrons. The van der Waals surface area contributed by atoms with Crippen molar-refractivity contribution in [2.24, 2.45) is 5.41 Å². The maximum Gasteiger partial charge on any atom is 0.153 e. The average molecular weight is 204 g/mol. The van der Waals surface area contributed by atoms with Gasteiger partial charge in [-0.05, 0) is 39.0 Å². The predicted molar refractivity (Wildman–Crippen MR) is 58.1 cm³/mol. The van der Waals surface area contributed by atoms with E-state index in [1.54, 1.807) is 6.07 Å². The van der Waals surface area contributed by atoms with Gasteiger partial charge < -0.3 is 0 Å². The first kappa shape index (κ1) is 11.5. The second kappa shape index (κ2) is 4.27. The van der Waals surface area contributed by atoms with Crippen molar-refractivity contribution >= 4 is 6.29 Å². The molecular formula is C13H13FO. The zero-order valence-electron chi connectivity index (χ0n) is 9.10. The van der Waals surface area contributed by atoms with Crippen molar-refractivity contribution in [1.29, 1.82) is 0 Å². The molecule has 0 aliphatic rings. The van der Waals surface area contributed by atoms with E-state index in [9.17, 15) is 9.18 Å². The molecule has 15 heavy (non-hydrogen) atoms. The van der Waals surface area contributed by atoms with Gasteiger partial charge in [0.1, 0.15) is 5.82 Å². The van der Waals surface area contributed by atoms with Gasteiger partial charge in [-0.2, -0.15) is 0 Å². The molecule has 0 aromatic heterocycles. The maximum absolute atomic E-state index is 13.0. The fourth-order valence-electron chi connectivity index (χ4n) is 0.971. The number of rotatable bonds is 1. The zero-order chi connectivity index (χ0) is 11.5. The van der Waals surface area contributed by atoms with Crippen LogP contribution >= 0.6 is 0 Å². The molecule has 1 nitrogen and oxygen atoms in total.